The van der Waals surface area contributed by atoms with Crippen LogP contribution in [0.25, 0.3) is 0 Å². The van der Waals surface area contributed by atoms with Crippen LogP contribution in [0, 0.1) is 12.8 Å². The molecule has 2 N–H and O–H groups in total. The number of carbonyl (C=O) groups excluding carboxylic acids is 2. The fraction of sp³-hybridized carbons (Fsp3) is 0.500. The number of nitrogens with one attached hydrogen (secondary N) is 2. The van der Waals surface area contributed by atoms with E-state index < -0.39 is 21.8 Å². The Labute approximate surface area is 193 Å². The lowest BCUT2D eigenvalue weighted by atomic mass is 9.87. The SMILES string of the molecule is COc1ccc(C(=O)N(C)CC(=O)Nc2cc(C)on2)cc1S(=O)(=O)N[C@H]1CCCC[C@@H]1C. The van der Waals surface area contributed by atoms with Crippen molar-refractivity contribution in [1.82, 2.24) is 14.8 Å². The number of methoxy groups -OCH3 is 1. The molecule has 1 aliphatic carbocycles. The molecule has 1 aromatic carbocycles. The average Bonchev–Trinajstić information content (AvgIpc) is 3.18. The van der Waals surface area contributed by atoms with Crippen molar-refractivity contribution >= 4 is 27.7 Å². The molecule has 1 heterocycles. The van der Waals surface area contributed by atoms with Gasteiger partial charge in [-0.15, -0.1) is 0 Å². The third-order valence-corrected chi connectivity index (χ3v) is 7.25. The smallest absolute Gasteiger partial charge is 0.254 e. The van der Waals surface area contributed by atoms with E-state index in [-0.39, 0.29) is 40.5 Å². The van der Waals surface area contributed by atoms with Crippen LogP contribution in [0.4, 0.5) is 5.82 Å². The highest BCUT2D eigenvalue weighted by molar-refractivity contribution is 7.89. The zero-order chi connectivity index (χ0) is 24.2. The first-order chi connectivity index (χ1) is 15.6. The van der Waals surface area contributed by atoms with Gasteiger partial charge in [-0.1, -0.05) is 24.9 Å². The molecule has 1 fully saturated rings. The van der Waals surface area contributed by atoms with Gasteiger partial charge in [-0.3, -0.25) is 9.59 Å². The highest BCUT2D eigenvalue weighted by Gasteiger charge is 2.29. The molecule has 2 aromatic rings. The zero-order valence-corrected chi connectivity index (χ0v) is 20.1. The minimum Gasteiger partial charge on any atom is -0.495 e. The Morgan fingerprint density at radius 2 is 1.97 bits per heavy atom. The van der Waals surface area contributed by atoms with Crippen LogP contribution in [-0.2, 0) is 14.8 Å². The third-order valence-electron chi connectivity index (χ3n) is 5.74. The maximum Gasteiger partial charge on any atom is 0.254 e. The largest absolute Gasteiger partial charge is 0.495 e. The van der Waals surface area contributed by atoms with Gasteiger partial charge in [0.05, 0.1) is 13.7 Å². The molecule has 0 unspecified atom stereocenters. The molecular formula is C22H30N4O6S. The highest BCUT2D eigenvalue weighted by Crippen LogP contribution is 2.29. The maximum atomic E-state index is 13.2. The predicted octanol–water partition coefficient (Wildman–Crippen LogP) is 2.56. The number of hydrogen-bond acceptors (Lipinski definition) is 7. The Balaban J connectivity index is 1.75. The van der Waals surface area contributed by atoms with Crippen molar-refractivity contribution in [3.63, 3.8) is 0 Å². The molecule has 0 radical (unpaired) electrons. The molecule has 1 aliphatic rings. The van der Waals surface area contributed by atoms with E-state index in [0.717, 1.165) is 25.7 Å². The molecule has 1 saturated carbocycles. The third kappa shape index (κ3) is 6.11. The van der Waals surface area contributed by atoms with Crippen molar-refractivity contribution < 1.29 is 27.3 Å². The fourth-order valence-corrected chi connectivity index (χ4v) is 5.46. The Morgan fingerprint density at radius 1 is 1.24 bits per heavy atom. The number of nitrogens with zero attached hydrogens (tertiary/aromatic N) is 2. The van der Waals surface area contributed by atoms with Gasteiger partial charge in [0.25, 0.3) is 5.91 Å². The second-order valence-electron chi connectivity index (χ2n) is 8.39. The number of aromatic nitrogens is 1. The predicted molar refractivity (Wildman–Crippen MR) is 122 cm³/mol. The van der Waals surface area contributed by atoms with E-state index in [4.69, 9.17) is 9.26 Å². The lowest BCUT2D eigenvalue weighted by molar-refractivity contribution is -0.116. The summed E-state index contributed by atoms with van der Waals surface area (Å²) in [7, 11) is -1.09. The molecule has 11 heteroatoms. The number of benzene rings is 1. The van der Waals surface area contributed by atoms with Crippen LogP contribution in [0.15, 0.2) is 33.7 Å². The summed E-state index contributed by atoms with van der Waals surface area (Å²) in [5.74, 6) is 0.184. The first-order valence-electron chi connectivity index (χ1n) is 10.8. The summed E-state index contributed by atoms with van der Waals surface area (Å²) in [6, 6.07) is 5.59. The van der Waals surface area contributed by atoms with Gasteiger partial charge in [0.2, 0.25) is 15.9 Å². The number of rotatable bonds is 8. The van der Waals surface area contributed by atoms with E-state index >= 15 is 0 Å². The van der Waals surface area contributed by atoms with Crippen molar-refractivity contribution in [2.75, 3.05) is 26.0 Å². The highest BCUT2D eigenvalue weighted by atomic mass is 32.2. The number of likely N-dealkylation sites (N-methyl/N-ethyl adjacent to an activating group) is 1. The Hall–Kier alpha value is -2.92. The summed E-state index contributed by atoms with van der Waals surface area (Å²) >= 11 is 0. The molecule has 1 aromatic heterocycles. The Bertz CT molecular complexity index is 1110. The van der Waals surface area contributed by atoms with Gasteiger partial charge in [0, 0.05) is 24.7 Å². The lowest BCUT2D eigenvalue weighted by Crippen LogP contribution is -2.41. The van der Waals surface area contributed by atoms with Crippen molar-refractivity contribution in [3.05, 3.63) is 35.6 Å². The van der Waals surface area contributed by atoms with E-state index in [9.17, 15) is 18.0 Å². The number of carbonyl (C=O) groups is 2. The molecule has 33 heavy (non-hydrogen) atoms. The molecule has 0 bridgehead atoms. The van der Waals surface area contributed by atoms with E-state index in [2.05, 4.69) is 15.2 Å². The summed E-state index contributed by atoms with van der Waals surface area (Å²) in [4.78, 5) is 26.2. The normalized spacial score (nSPS) is 18.5. The van der Waals surface area contributed by atoms with Gasteiger partial charge in [-0.2, -0.15) is 0 Å². The zero-order valence-electron chi connectivity index (χ0n) is 19.3. The van der Waals surface area contributed by atoms with E-state index in [0.29, 0.717) is 5.76 Å². The number of anilines is 1. The van der Waals surface area contributed by atoms with Crippen LogP contribution in [0.2, 0.25) is 0 Å². The van der Waals surface area contributed by atoms with Gasteiger partial charge < -0.3 is 19.5 Å². The average molecular weight is 479 g/mol. The number of ether oxygens (including phenoxy) is 1. The topological polar surface area (TPSA) is 131 Å². The second kappa shape index (κ2) is 10.3. The van der Waals surface area contributed by atoms with Gasteiger partial charge in [0.15, 0.2) is 5.82 Å². The number of amides is 2. The minimum absolute atomic E-state index is 0.107. The summed E-state index contributed by atoms with van der Waals surface area (Å²) in [6.07, 6.45) is 3.78. The first-order valence-corrected chi connectivity index (χ1v) is 12.3. The summed E-state index contributed by atoms with van der Waals surface area (Å²) in [5, 5.41) is 6.22. The van der Waals surface area contributed by atoms with Gasteiger partial charge in [-0.05, 0) is 43.9 Å². The van der Waals surface area contributed by atoms with Crippen LogP contribution in [0.3, 0.4) is 0 Å². The Morgan fingerprint density at radius 3 is 2.61 bits per heavy atom. The first kappa shape index (κ1) is 24.7. The number of hydrogen-bond donors (Lipinski definition) is 2. The maximum absolute atomic E-state index is 13.2. The van der Waals surface area contributed by atoms with Gasteiger partial charge in [-0.25, -0.2) is 13.1 Å². The monoisotopic (exact) mass is 478 g/mol. The number of aryl methyl sites for hydroxylation is 1. The molecule has 3 rings (SSSR count). The fourth-order valence-electron chi connectivity index (χ4n) is 3.89. The van der Waals surface area contributed by atoms with Crippen LogP contribution in [0.1, 0.15) is 48.7 Å². The molecule has 2 atom stereocenters. The molecule has 10 nitrogen and oxygen atoms in total. The molecule has 180 valence electrons. The molecular weight excluding hydrogens is 448 g/mol. The quantitative estimate of drug-likeness (QED) is 0.596. The van der Waals surface area contributed by atoms with E-state index in [1.165, 1.54) is 37.3 Å². The summed E-state index contributed by atoms with van der Waals surface area (Å²) in [6.45, 7) is 3.47. The van der Waals surface area contributed by atoms with E-state index in [1.54, 1.807) is 13.0 Å². The van der Waals surface area contributed by atoms with Crippen molar-refractivity contribution in [2.45, 2.75) is 50.5 Å². The van der Waals surface area contributed by atoms with E-state index in [1.807, 2.05) is 6.92 Å². The van der Waals surface area contributed by atoms with Crippen molar-refractivity contribution in [2.24, 2.45) is 5.92 Å². The molecule has 0 saturated heterocycles. The lowest BCUT2D eigenvalue weighted by Gasteiger charge is -2.29. The second-order valence-corrected chi connectivity index (χ2v) is 10.1. The standard InChI is InChI=1S/C22H30N4O6S/c1-14-7-5-6-8-17(14)25-33(29,30)19-12-16(9-10-18(19)31-4)22(28)26(3)13-21(27)23-20-11-15(2)32-24-20/h9-12,14,17,25H,5-8,13H2,1-4H3,(H,23,24,27)/t14-,17-/m0/s1. The van der Waals surface area contributed by atoms with Crippen LogP contribution in [-0.4, -0.2) is 57.0 Å². The summed E-state index contributed by atoms with van der Waals surface area (Å²) < 4.78 is 39.2. The summed E-state index contributed by atoms with van der Waals surface area (Å²) in [5.41, 5.74) is 0.125. The van der Waals surface area contributed by atoms with Crippen LogP contribution < -0.4 is 14.8 Å². The number of sulfonamides is 1. The molecule has 0 spiro atoms. The van der Waals surface area contributed by atoms with Gasteiger partial charge in [0.1, 0.15) is 16.4 Å². The van der Waals surface area contributed by atoms with Crippen molar-refractivity contribution in [1.29, 1.82) is 0 Å². The molecule has 2 amide bonds. The molecule has 0 aliphatic heterocycles. The van der Waals surface area contributed by atoms with Crippen LogP contribution >= 0.6 is 0 Å². The Kier molecular flexibility index (Phi) is 7.75. The van der Waals surface area contributed by atoms with Gasteiger partial charge >= 0.3 is 0 Å². The minimum atomic E-state index is -3.92. The van der Waals surface area contributed by atoms with Crippen molar-refractivity contribution in [3.8, 4) is 5.75 Å². The van der Waals surface area contributed by atoms with Crippen LogP contribution in [0.5, 0.6) is 5.75 Å².